The molecule has 0 bridgehead atoms. The molecule has 0 aliphatic rings. The summed E-state index contributed by atoms with van der Waals surface area (Å²) in [7, 11) is 0. The Balaban J connectivity index is 1.38. The van der Waals surface area contributed by atoms with Crippen LogP contribution in [0.5, 0.6) is 0 Å². The zero-order chi connectivity index (χ0) is 18.8. The summed E-state index contributed by atoms with van der Waals surface area (Å²) >= 11 is 6.17. The van der Waals surface area contributed by atoms with Crippen LogP contribution in [0.15, 0.2) is 57.5 Å². The van der Waals surface area contributed by atoms with E-state index in [2.05, 4.69) is 15.3 Å². The first kappa shape index (κ1) is 17.3. The second-order valence-electron chi connectivity index (χ2n) is 6.06. The molecule has 0 fully saturated rings. The minimum absolute atomic E-state index is 0.132. The molecule has 0 unspecified atom stereocenters. The first-order valence-electron chi connectivity index (χ1n) is 8.45. The highest BCUT2D eigenvalue weighted by Crippen LogP contribution is 2.28. The number of rotatable bonds is 5. The lowest BCUT2D eigenvalue weighted by molar-refractivity contribution is -0.116. The van der Waals surface area contributed by atoms with E-state index in [4.69, 9.17) is 20.4 Å². The number of nitrogens with zero attached hydrogens (tertiary/aromatic N) is 2. The molecule has 6 nitrogen and oxygen atoms in total. The second-order valence-corrected chi connectivity index (χ2v) is 6.47. The van der Waals surface area contributed by atoms with Crippen molar-refractivity contribution in [1.29, 1.82) is 0 Å². The van der Waals surface area contributed by atoms with Gasteiger partial charge >= 0.3 is 0 Å². The van der Waals surface area contributed by atoms with Crippen LogP contribution in [0.3, 0.4) is 0 Å². The molecule has 0 aliphatic heterocycles. The fourth-order valence-corrected chi connectivity index (χ4v) is 3.00. The van der Waals surface area contributed by atoms with E-state index >= 15 is 0 Å². The van der Waals surface area contributed by atoms with Gasteiger partial charge in [-0.3, -0.25) is 4.79 Å². The number of benzene rings is 2. The lowest BCUT2D eigenvalue weighted by Crippen LogP contribution is -2.12. The van der Waals surface area contributed by atoms with Crippen molar-refractivity contribution in [3.8, 4) is 11.3 Å². The summed E-state index contributed by atoms with van der Waals surface area (Å²) in [5.74, 6) is 1.53. The normalized spacial score (nSPS) is 11.0. The SMILES string of the molecule is Cc1nc2cc(NC(=O)CCc3ncc(-c4ccccc4Cl)o3)ccc2o1. The number of hydrogen-bond acceptors (Lipinski definition) is 5. The van der Waals surface area contributed by atoms with E-state index in [1.54, 1.807) is 37.4 Å². The van der Waals surface area contributed by atoms with Gasteiger partial charge in [-0.1, -0.05) is 23.7 Å². The maximum absolute atomic E-state index is 12.2. The third kappa shape index (κ3) is 3.85. The van der Waals surface area contributed by atoms with Gasteiger partial charge in [0.25, 0.3) is 0 Å². The minimum Gasteiger partial charge on any atom is -0.441 e. The van der Waals surface area contributed by atoms with Gasteiger partial charge in [0.15, 0.2) is 23.1 Å². The molecule has 1 amide bonds. The highest BCUT2D eigenvalue weighted by molar-refractivity contribution is 6.33. The number of halogens is 1. The van der Waals surface area contributed by atoms with Crippen LogP contribution in [0.2, 0.25) is 5.02 Å². The molecule has 2 aromatic heterocycles. The predicted molar refractivity (Wildman–Crippen MR) is 103 cm³/mol. The summed E-state index contributed by atoms with van der Waals surface area (Å²) in [6, 6.07) is 12.7. The molecule has 0 saturated carbocycles. The van der Waals surface area contributed by atoms with Crippen molar-refractivity contribution in [2.75, 3.05) is 5.32 Å². The predicted octanol–water partition coefficient (Wildman–Crippen LogP) is 5.02. The van der Waals surface area contributed by atoms with Crippen LogP contribution < -0.4 is 5.32 Å². The number of carbonyl (C=O) groups excluding carboxylic acids is 1. The average molecular weight is 382 g/mol. The molecule has 4 rings (SSSR count). The van der Waals surface area contributed by atoms with Gasteiger partial charge in [0.05, 0.1) is 11.2 Å². The van der Waals surface area contributed by atoms with Crippen LogP contribution in [0.25, 0.3) is 22.4 Å². The smallest absolute Gasteiger partial charge is 0.224 e. The number of aromatic nitrogens is 2. The Hall–Kier alpha value is -3.12. The first-order chi connectivity index (χ1) is 13.1. The monoisotopic (exact) mass is 381 g/mol. The molecule has 0 saturated heterocycles. The Labute approximate surface area is 160 Å². The first-order valence-corrected chi connectivity index (χ1v) is 8.83. The molecule has 0 atom stereocenters. The second kappa shape index (κ2) is 7.25. The molecule has 27 heavy (non-hydrogen) atoms. The van der Waals surface area contributed by atoms with Gasteiger partial charge in [-0.2, -0.15) is 0 Å². The maximum atomic E-state index is 12.2. The highest BCUT2D eigenvalue weighted by Gasteiger charge is 2.12. The van der Waals surface area contributed by atoms with E-state index in [0.29, 0.717) is 45.8 Å². The lowest BCUT2D eigenvalue weighted by atomic mass is 10.2. The number of oxazole rings is 2. The van der Waals surface area contributed by atoms with E-state index in [9.17, 15) is 4.79 Å². The van der Waals surface area contributed by atoms with Crippen molar-refractivity contribution in [3.05, 3.63) is 65.5 Å². The molecular formula is C20H16ClN3O3. The quantitative estimate of drug-likeness (QED) is 0.525. The summed E-state index contributed by atoms with van der Waals surface area (Å²) in [6.07, 6.45) is 2.26. The van der Waals surface area contributed by atoms with Crippen LogP contribution in [-0.4, -0.2) is 15.9 Å². The van der Waals surface area contributed by atoms with E-state index in [1.807, 2.05) is 18.2 Å². The summed E-state index contributed by atoms with van der Waals surface area (Å²) in [6.45, 7) is 1.78. The Morgan fingerprint density at radius 2 is 2.04 bits per heavy atom. The Morgan fingerprint density at radius 1 is 1.19 bits per heavy atom. The molecule has 136 valence electrons. The van der Waals surface area contributed by atoms with Crippen molar-refractivity contribution in [2.24, 2.45) is 0 Å². The standard InChI is InChI=1S/C20H16ClN3O3/c1-12-23-16-10-13(6-7-17(16)26-12)24-19(25)8-9-20-22-11-18(27-20)14-4-2-3-5-15(14)21/h2-7,10-11H,8-9H2,1H3,(H,24,25). The molecule has 0 spiro atoms. The zero-order valence-electron chi connectivity index (χ0n) is 14.5. The van der Waals surface area contributed by atoms with Gasteiger partial charge in [0, 0.05) is 31.0 Å². The molecule has 2 aromatic carbocycles. The Bertz CT molecular complexity index is 1120. The van der Waals surface area contributed by atoms with Crippen LogP contribution in [-0.2, 0) is 11.2 Å². The third-order valence-corrected chi connectivity index (χ3v) is 4.37. The summed E-state index contributed by atoms with van der Waals surface area (Å²) in [5, 5.41) is 3.44. The van der Waals surface area contributed by atoms with Gasteiger partial charge in [-0.25, -0.2) is 9.97 Å². The van der Waals surface area contributed by atoms with Crippen LogP contribution in [0.1, 0.15) is 18.2 Å². The average Bonchev–Trinajstić information content (AvgIpc) is 3.25. The van der Waals surface area contributed by atoms with Crippen LogP contribution in [0, 0.1) is 6.92 Å². The molecule has 0 radical (unpaired) electrons. The van der Waals surface area contributed by atoms with Crippen molar-refractivity contribution >= 4 is 34.3 Å². The van der Waals surface area contributed by atoms with E-state index < -0.39 is 0 Å². The van der Waals surface area contributed by atoms with Gasteiger partial charge in [-0.15, -0.1) is 0 Å². The largest absolute Gasteiger partial charge is 0.441 e. The van der Waals surface area contributed by atoms with Gasteiger partial charge in [0.2, 0.25) is 5.91 Å². The molecule has 1 N–H and O–H groups in total. The topological polar surface area (TPSA) is 81.2 Å². The molecule has 7 heteroatoms. The van der Waals surface area contributed by atoms with Crippen molar-refractivity contribution in [2.45, 2.75) is 19.8 Å². The number of nitrogens with one attached hydrogen (secondary N) is 1. The zero-order valence-corrected chi connectivity index (χ0v) is 15.3. The van der Waals surface area contributed by atoms with E-state index in [-0.39, 0.29) is 12.3 Å². The van der Waals surface area contributed by atoms with E-state index in [0.717, 1.165) is 5.56 Å². The van der Waals surface area contributed by atoms with Gasteiger partial charge in [-0.05, 0) is 30.3 Å². The number of carbonyl (C=O) groups is 1. The van der Waals surface area contributed by atoms with Crippen LogP contribution >= 0.6 is 11.6 Å². The number of fused-ring (bicyclic) bond motifs is 1. The minimum atomic E-state index is -0.132. The number of amides is 1. The Morgan fingerprint density at radius 3 is 2.89 bits per heavy atom. The third-order valence-electron chi connectivity index (χ3n) is 4.04. The van der Waals surface area contributed by atoms with Crippen molar-refractivity contribution < 1.29 is 13.6 Å². The van der Waals surface area contributed by atoms with E-state index in [1.165, 1.54) is 0 Å². The van der Waals surface area contributed by atoms with Gasteiger partial charge in [0.1, 0.15) is 5.52 Å². The fourth-order valence-electron chi connectivity index (χ4n) is 2.78. The number of anilines is 1. The molecule has 2 heterocycles. The number of hydrogen-bond donors (Lipinski definition) is 1. The Kier molecular flexibility index (Phi) is 4.64. The molecular weight excluding hydrogens is 366 g/mol. The van der Waals surface area contributed by atoms with Crippen molar-refractivity contribution in [1.82, 2.24) is 9.97 Å². The fraction of sp³-hybridized carbons (Fsp3) is 0.150. The lowest BCUT2D eigenvalue weighted by Gasteiger charge is -2.04. The summed E-state index contributed by atoms with van der Waals surface area (Å²) < 4.78 is 11.1. The maximum Gasteiger partial charge on any atom is 0.224 e. The molecule has 0 aliphatic carbocycles. The van der Waals surface area contributed by atoms with Crippen molar-refractivity contribution in [3.63, 3.8) is 0 Å². The molecule has 4 aromatic rings. The number of aryl methyl sites for hydroxylation is 2. The highest BCUT2D eigenvalue weighted by atomic mass is 35.5. The summed E-state index contributed by atoms with van der Waals surface area (Å²) in [5.41, 5.74) is 2.85. The van der Waals surface area contributed by atoms with Crippen LogP contribution in [0.4, 0.5) is 5.69 Å². The van der Waals surface area contributed by atoms with Gasteiger partial charge < -0.3 is 14.2 Å². The summed E-state index contributed by atoms with van der Waals surface area (Å²) in [4.78, 5) is 20.7.